The Kier molecular flexibility index (Phi) is 12.2. The van der Waals surface area contributed by atoms with Crippen molar-refractivity contribution in [2.24, 2.45) is 5.41 Å². The van der Waals surface area contributed by atoms with Crippen LogP contribution in [0.5, 0.6) is 0 Å². The van der Waals surface area contributed by atoms with Crippen LogP contribution in [0.4, 0.5) is 0 Å². The normalized spacial score (nSPS) is 10.9. The average molecular weight is 273 g/mol. The lowest BCUT2D eigenvalue weighted by molar-refractivity contribution is -0.139. The van der Waals surface area contributed by atoms with Gasteiger partial charge in [0.1, 0.15) is 0 Å². The number of rotatable bonds is 5. The van der Waals surface area contributed by atoms with Gasteiger partial charge in [0.05, 0.1) is 6.42 Å². The zero-order valence-corrected chi connectivity index (χ0v) is 12.0. The summed E-state index contributed by atoms with van der Waals surface area (Å²) >= 11 is 0. The second kappa shape index (κ2) is 9.56. The van der Waals surface area contributed by atoms with Crippen LogP contribution in [0, 0.1) is 5.41 Å². The van der Waals surface area contributed by atoms with Gasteiger partial charge in [0, 0.05) is 14.2 Å². The molecule has 0 aliphatic carbocycles. The Morgan fingerprint density at radius 3 is 1.71 bits per heavy atom. The van der Waals surface area contributed by atoms with Gasteiger partial charge in [-0.3, -0.25) is 13.8 Å². The van der Waals surface area contributed by atoms with Gasteiger partial charge >= 0.3 is 13.8 Å². The van der Waals surface area contributed by atoms with Gasteiger partial charge in [0.25, 0.3) is 0 Å². The molecule has 5 N–H and O–H groups in total. The van der Waals surface area contributed by atoms with E-state index < -0.39 is 13.8 Å². The van der Waals surface area contributed by atoms with E-state index in [0.29, 0.717) is 0 Å². The summed E-state index contributed by atoms with van der Waals surface area (Å²) in [6.45, 7) is 5.92. The van der Waals surface area contributed by atoms with Crippen LogP contribution in [0.2, 0.25) is 0 Å². The summed E-state index contributed by atoms with van der Waals surface area (Å²) in [5, 5.41) is 8.38. The number of carboxylic acid groups (broad SMARTS) is 1. The van der Waals surface area contributed by atoms with Crippen LogP contribution in [0.15, 0.2) is 0 Å². The van der Waals surface area contributed by atoms with Crippen molar-refractivity contribution in [1.82, 2.24) is 6.15 Å². The number of hydrogen-bond acceptors (Lipinski definition) is 5. The minimum absolute atomic E-state index is 0. The van der Waals surface area contributed by atoms with Gasteiger partial charge in [-0.25, -0.2) is 4.57 Å². The van der Waals surface area contributed by atoms with Crippen LogP contribution >= 0.6 is 7.82 Å². The molecular formula is C9H24NO6P. The molecule has 0 atom stereocenters. The molecule has 8 heteroatoms. The molecule has 0 aromatic heterocycles. The third-order valence-electron chi connectivity index (χ3n) is 2.05. The van der Waals surface area contributed by atoms with Gasteiger partial charge in [-0.2, -0.15) is 0 Å². The molecule has 0 saturated carbocycles. The van der Waals surface area contributed by atoms with Gasteiger partial charge in [0.15, 0.2) is 0 Å². The lowest BCUT2D eigenvalue weighted by atomic mass is 9.87. The summed E-state index contributed by atoms with van der Waals surface area (Å²) in [5.74, 6) is -0.707. The highest BCUT2D eigenvalue weighted by Crippen LogP contribution is 2.40. The molecule has 0 saturated heterocycles. The molecule has 0 aromatic rings. The summed E-state index contributed by atoms with van der Waals surface area (Å²) in [7, 11) is -1.45. The van der Waals surface area contributed by atoms with Gasteiger partial charge in [-0.15, -0.1) is 0 Å². The van der Waals surface area contributed by atoms with E-state index in [0.717, 1.165) is 20.6 Å². The van der Waals surface area contributed by atoms with Crippen molar-refractivity contribution in [2.75, 3.05) is 14.2 Å². The standard InChI is InChI=1S/C7H14O2.C2H7O4P.H3N/c1-4-7(2,3)5-6(8)9;1-5-7(3,4)6-2;/h4-5H2,1-3H3,(H,8,9);1-2H3,(H,3,4);1H3. The quantitative estimate of drug-likeness (QED) is 0.656. The van der Waals surface area contributed by atoms with Crippen molar-refractivity contribution in [2.45, 2.75) is 33.6 Å². The minimum Gasteiger partial charge on any atom is -0.481 e. The van der Waals surface area contributed by atoms with Crippen molar-refractivity contribution in [3.8, 4) is 0 Å². The van der Waals surface area contributed by atoms with Crippen LogP contribution in [0.25, 0.3) is 0 Å². The van der Waals surface area contributed by atoms with Crippen LogP contribution in [0.3, 0.4) is 0 Å². The molecule has 0 fully saturated rings. The highest BCUT2D eigenvalue weighted by molar-refractivity contribution is 7.47. The van der Waals surface area contributed by atoms with E-state index >= 15 is 0 Å². The molecule has 0 aliphatic heterocycles. The van der Waals surface area contributed by atoms with Gasteiger partial charge in [-0.05, 0) is 5.41 Å². The van der Waals surface area contributed by atoms with E-state index in [-0.39, 0.29) is 18.0 Å². The second-order valence-corrected chi connectivity index (χ2v) is 5.59. The summed E-state index contributed by atoms with van der Waals surface area (Å²) in [5.41, 5.74) is -0.0359. The van der Waals surface area contributed by atoms with Gasteiger partial charge < -0.3 is 16.2 Å². The van der Waals surface area contributed by atoms with E-state index in [4.69, 9.17) is 10.00 Å². The maximum Gasteiger partial charge on any atom is 0.471 e. The van der Waals surface area contributed by atoms with Crippen LogP contribution in [0.1, 0.15) is 33.6 Å². The monoisotopic (exact) mass is 273 g/mol. The van der Waals surface area contributed by atoms with E-state index in [1.165, 1.54) is 0 Å². The Hall–Kier alpha value is -0.460. The molecule has 0 bridgehead atoms. The summed E-state index contributed by atoms with van der Waals surface area (Å²) in [6, 6.07) is 0. The minimum atomic E-state index is -3.65. The average Bonchev–Trinajstić information content (AvgIpc) is 2.17. The zero-order chi connectivity index (χ0) is 13.4. The van der Waals surface area contributed by atoms with Crippen LogP contribution in [-0.2, 0) is 18.4 Å². The van der Waals surface area contributed by atoms with E-state index in [1.54, 1.807) is 0 Å². The fourth-order valence-corrected chi connectivity index (χ4v) is 0.758. The first kappa shape index (κ1) is 21.8. The van der Waals surface area contributed by atoms with Crippen molar-refractivity contribution in [1.29, 1.82) is 0 Å². The first-order chi connectivity index (χ1) is 7.10. The Bertz CT molecular complexity index is 248. The fourth-order valence-electron chi connectivity index (χ4n) is 0.609. The lowest BCUT2D eigenvalue weighted by Crippen LogP contribution is -2.14. The summed E-state index contributed by atoms with van der Waals surface area (Å²) in [6.07, 6.45) is 1.18. The molecule has 17 heavy (non-hydrogen) atoms. The van der Waals surface area contributed by atoms with E-state index in [2.05, 4.69) is 9.05 Å². The smallest absolute Gasteiger partial charge is 0.471 e. The second-order valence-electron chi connectivity index (χ2n) is 3.92. The Labute approximate surface area is 102 Å². The highest BCUT2D eigenvalue weighted by atomic mass is 31.2. The van der Waals surface area contributed by atoms with Crippen molar-refractivity contribution >= 4 is 13.8 Å². The van der Waals surface area contributed by atoms with E-state index in [9.17, 15) is 9.36 Å². The topological polar surface area (TPSA) is 128 Å². The number of phosphoric acid groups is 1. The van der Waals surface area contributed by atoms with Crippen molar-refractivity contribution in [3.05, 3.63) is 0 Å². The lowest BCUT2D eigenvalue weighted by Gasteiger charge is -2.18. The summed E-state index contributed by atoms with van der Waals surface area (Å²) in [4.78, 5) is 18.4. The Morgan fingerprint density at radius 2 is 1.65 bits per heavy atom. The molecule has 0 amide bonds. The van der Waals surface area contributed by atoms with Gasteiger partial charge in [0.2, 0.25) is 0 Å². The third kappa shape index (κ3) is 15.5. The predicted molar refractivity (Wildman–Crippen MR) is 65.2 cm³/mol. The molecular weight excluding hydrogens is 249 g/mol. The largest absolute Gasteiger partial charge is 0.481 e. The predicted octanol–water partition coefficient (Wildman–Crippen LogP) is 2.44. The summed E-state index contributed by atoms with van der Waals surface area (Å²) < 4.78 is 18.0. The first-order valence-corrected chi connectivity index (χ1v) is 6.26. The number of phosphoric ester groups is 1. The number of hydrogen-bond donors (Lipinski definition) is 3. The molecule has 0 aromatic carbocycles. The number of carboxylic acids is 1. The number of aliphatic carboxylic acids is 1. The Balaban J connectivity index is -0.000000224. The third-order valence-corrected chi connectivity index (χ3v) is 2.97. The molecule has 0 spiro atoms. The molecule has 0 radical (unpaired) electrons. The molecule has 0 rings (SSSR count). The molecule has 0 heterocycles. The molecule has 0 aliphatic rings. The fraction of sp³-hybridized carbons (Fsp3) is 0.889. The maximum absolute atomic E-state index is 10.2. The molecule has 106 valence electrons. The number of carbonyl (C=O) groups is 1. The first-order valence-electron chi connectivity index (χ1n) is 4.76. The zero-order valence-electron chi connectivity index (χ0n) is 11.1. The van der Waals surface area contributed by atoms with Crippen LogP contribution in [-0.4, -0.2) is 30.2 Å². The van der Waals surface area contributed by atoms with Crippen LogP contribution < -0.4 is 6.15 Å². The van der Waals surface area contributed by atoms with E-state index in [1.807, 2.05) is 20.8 Å². The Morgan fingerprint density at radius 1 is 1.29 bits per heavy atom. The maximum atomic E-state index is 10.2. The highest BCUT2D eigenvalue weighted by Gasteiger charge is 2.18. The molecule has 0 unspecified atom stereocenters. The molecule has 7 nitrogen and oxygen atoms in total. The van der Waals surface area contributed by atoms with Crippen molar-refractivity contribution < 1.29 is 28.4 Å². The van der Waals surface area contributed by atoms with Crippen molar-refractivity contribution in [3.63, 3.8) is 0 Å². The van der Waals surface area contributed by atoms with Gasteiger partial charge in [-0.1, -0.05) is 27.2 Å². The SMILES string of the molecule is CCC(C)(C)CC(=O)O.COP(=O)(O)OC.N.